The highest BCUT2D eigenvalue weighted by molar-refractivity contribution is 5.79. The van der Waals surface area contributed by atoms with Crippen LogP contribution in [-0.4, -0.2) is 30.5 Å². The van der Waals surface area contributed by atoms with Gasteiger partial charge in [0, 0.05) is 18.5 Å². The fourth-order valence-electron chi connectivity index (χ4n) is 3.72. The summed E-state index contributed by atoms with van der Waals surface area (Å²) in [5.41, 5.74) is 1.21. The van der Waals surface area contributed by atoms with Crippen molar-refractivity contribution in [1.29, 1.82) is 0 Å². The van der Waals surface area contributed by atoms with Gasteiger partial charge in [0.15, 0.2) is 0 Å². The fraction of sp³-hybridized carbons (Fsp3) is 0.526. The van der Waals surface area contributed by atoms with Gasteiger partial charge < -0.3 is 9.64 Å². The van der Waals surface area contributed by atoms with E-state index in [1.165, 1.54) is 5.56 Å². The number of carbonyl (C=O) groups excluding carboxylic acids is 1. The molecule has 1 aromatic rings. The Labute approximate surface area is 133 Å². The molecule has 1 aliphatic heterocycles. The Morgan fingerprint density at radius 2 is 2.14 bits per heavy atom. The average molecular weight is 299 g/mol. The number of hydrogen-bond donors (Lipinski definition) is 0. The maximum atomic E-state index is 12.8. The molecule has 1 saturated heterocycles. The first-order valence-corrected chi connectivity index (χ1v) is 8.37. The highest BCUT2D eigenvalue weighted by Gasteiger charge is 2.33. The first kappa shape index (κ1) is 15.1. The molecule has 0 spiro atoms. The molecule has 1 amide bonds. The summed E-state index contributed by atoms with van der Waals surface area (Å²) in [5.74, 6) is 1.49. The summed E-state index contributed by atoms with van der Waals surface area (Å²) in [4.78, 5) is 15.0. The molecule has 22 heavy (non-hydrogen) atoms. The van der Waals surface area contributed by atoms with Gasteiger partial charge in [-0.3, -0.25) is 4.79 Å². The number of benzene rings is 1. The topological polar surface area (TPSA) is 29.5 Å². The minimum absolute atomic E-state index is 0.197. The number of methoxy groups -OCH3 is 1. The van der Waals surface area contributed by atoms with Crippen LogP contribution < -0.4 is 4.74 Å². The number of hydrogen-bond acceptors (Lipinski definition) is 2. The lowest BCUT2D eigenvalue weighted by atomic mass is 9.92. The second-order valence-electron chi connectivity index (χ2n) is 6.33. The molecule has 1 aromatic carbocycles. The number of amides is 1. The Balaban J connectivity index is 1.70. The molecule has 0 radical (unpaired) electrons. The second kappa shape index (κ2) is 6.99. The molecule has 2 atom stereocenters. The van der Waals surface area contributed by atoms with Crippen molar-refractivity contribution in [2.24, 2.45) is 5.92 Å². The molecule has 1 heterocycles. The van der Waals surface area contributed by atoms with Crippen molar-refractivity contribution < 1.29 is 9.53 Å². The maximum Gasteiger partial charge on any atom is 0.226 e. The number of likely N-dealkylation sites (tertiary alicyclic amines) is 1. The molecule has 0 aromatic heterocycles. The van der Waals surface area contributed by atoms with Gasteiger partial charge in [0.1, 0.15) is 5.75 Å². The molecule has 3 heteroatoms. The van der Waals surface area contributed by atoms with Gasteiger partial charge in [0.05, 0.1) is 7.11 Å². The number of nitrogens with zero attached hydrogens (tertiary/aromatic N) is 1. The van der Waals surface area contributed by atoms with E-state index in [1.807, 2.05) is 18.2 Å². The van der Waals surface area contributed by atoms with E-state index < -0.39 is 0 Å². The SMILES string of the molecule is COc1ccccc1CC1CCCN1C(=O)C1CC=CCC1. The first-order valence-electron chi connectivity index (χ1n) is 8.37. The number of ether oxygens (including phenoxy) is 1. The van der Waals surface area contributed by atoms with Gasteiger partial charge in [-0.1, -0.05) is 30.4 Å². The lowest BCUT2D eigenvalue weighted by molar-refractivity contribution is -0.136. The lowest BCUT2D eigenvalue weighted by Gasteiger charge is -2.30. The van der Waals surface area contributed by atoms with E-state index in [0.717, 1.165) is 50.8 Å². The van der Waals surface area contributed by atoms with Crippen molar-refractivity contribution in [1.82, 2.24) is 4.90 Å². The van der Waals surface area contributed by atoms with Crippen molar-refractivity contribution in [2.75, 3.05) is 13.7 Å². The second-order valence-corrected chi connectivity index (χ2v) is 6.33. The van der Waals surface area contributed by atoms with Crippen LogP contribution in [0.25, 0.3) is 0 Å². The van der Waals surface area contributed by atoms with E-state index in [9.17, 15) is 4.79 Å². The van der Waals surface area contributed by atoms with Crippen LogP contribution in [0.5, 0.6) is 5.75 Å². The molecule has 2 unspecified atom stereocenters. The largest absolute Gasteiger partial charge is 0.496 e. The highest BCUT2D eigenvalue weighted by Crippen LogP contribution is 2.29. The minimum atomic E-state index is 0.197. The monoisotopic (exact) mass is 299 g/mol. The van der Waals surface area contributed by atoms with Crippen LogP contribution in [-0.2, 0) is 11.2 Å². The molecule has 1 fully saturated rings. The maximum absolute atomic E-state index is 12.8. The van der Waals surface area contributed by atoms with Crippen molar-refractivity contribution in [3.05, 3.63) is 42.0 Å². The van der Waals surface area contributed by atoms with E-state index in [2.05, 4.69) is 23.1 Å². The van der Waals surface area contributed by atoms with Gasteiger partial charge in [-0.05, 0) is 50.2 Å². The Hall–Kier alpha value is -1.77. The van der Waals surface area contributed by atoms with Crippen molar-refractivity contribution in [2.45, 2.75) is 44.6 Å². The number of rotatable bonds is 4. The summed E-state index contributed by atoms with van der Waals surface area (Å²) in [5, 5.41) is 0. The number of para-hydroxylation sites is 1. The summed E-state index contributed by atoms with van der Waals surface area (Å²) < 4.78 is 5.46. The molecule has 1 aliphatic carbocycles. The highest BCUT2D eigenvalue weighted by atomic mass is 16.5. The third-order valence-electron chi connectivity index (χ3n) is 4.93. The van der Waals surface area contributed by atoms with Crippen LogP contribution in [0.1, 0.15) is 37.7 Å². The van der Waals surface area contributed by atoms with E-state index in [4.69, 9.17) is 4.74 Å². The Morgan fingerprint density at radius 1 is 1.27 bits per heavy atom. The predicted molar refractivity (Wildman–Crippen MR) is 87.9 cm³/mol. The van der Waals surface area contributed by atoms with E-state index in [1.54, 1.807) is 7.11 Å². The van der Waals surface area contributed by atoms with Crippen LogP contribution in [0.3, 0.4) is 0 Å². The molecular weight excluding hydrogens is 274 g/mol. The summed E-state index contributed by atoms with van der Waals surface area (Å²) in [6.45, 7) is 0.916. The van der Waals surface area contributed by atoms with Crippen LogP contribution in [0.15, 0.2) is 36.4 Å². The molecular formula is C19H25NO2. The van der Waals surface area contributed by atoms with Crippen LogP contribution in [0.4, 0.5) is 0 Å². The average Bonchev–Trinajstić information content (AvgIpc) is 3.03. The zero-order valence-corrected chi connectivity index (χ0v) is 13.3. The minimum Gasteiger partial charge on any atom is -0.496 e. The van der Waals surface area contributed by atoms with Crippen molar-refractivity contribution >= 4 is 5.91 Å². The van der Waals surface area contributed by atoms with Gasteiger partial charge >= 0.3 is 0 Å². The fourth-order valence-corrected chi connectivity index (χ4v) is 3.72. The van der Waals surface area contributed by atoms with Gasteiger partial charge in [-0.15, -0.1) is 0 Å². The molecule has 3 rings (SSSR count). The molecule has 0 N–H and O–H groups in total. The number of allylic oxidation sites excluding steroid dienone is 2. The van der Waals surface area contributed by atoms with Gasteiger partial charge in [0.25, 0.3) is 0 Å². The number of carbonyl (C=O) groups is 1. The Kier molecular flexibility index (Phi) is 4.81. The summed E-state index contributed by atoms with van der Waals surface area (Å²) in [6.07, 6.45) is 10.4. The molecule has 0 saturated carbocycles. The zero-order chi connectivity index (χ0) is 15.4. The van der Waals surface area contributed by atoms with Crippen LogP contribution in [0, 0.1) is 5.92 Å². The third-order valence-corrected chi connectivity index (χ3v) is 4.93. The Bertz CT molecular complexity index is 552. The van der Waals surface area contributed by atoms with Gasteiger partial charge in [0.2, 0.25) is 5.91 Å². The molecule has 2 aliphatic rings. The quantitative estimate of drug-likeness (QED) is 0.795. The standard InChI is InChI=1S/C19H25NO2/c1-22-18-12-6-5-10-16(18)14-17-11-7-13-20(17)19(21)15-8-3-2-4-9-15/h2-3,5-6,10,12,15,17H,4,7-9,11,13-14H2,1H3. The third kappa shape index (κ3) is 3.18. The normalized spacial score (nSPS) is 24.5. The molecule has 3 nitrogen and oxygen atoms in total. The first-order chi connectivity index (χ1) is 10.8. The van der Waals surface area contributed by atoms with Gasteiger partial charge in [-0.2, -0.15) is 0 Å². The summed E-state index contributed by atoms with van der Waals surface area (Å²) in [7, 11) is 1.71. The van der Waals surface area contributed by atoms with E-state index in [0.29, 0.717) is 11.9 Å². The summed E-state index contributed by atoms with van der Waals surface area (Å²) >= 11 is 0. The zero-order valence-electron chi connectivity index (χ0n) is 13.3. The van der Waals surface area contributed by atoms with Gasteiger partial charge in [-0.25, -0.2) is 0 Å². The molecule has 0 bridgehead atoms. The smallest absolute Gasteiger partial charge is 0.226 e. The Morgan fingerprint density at radius 3 is 2.91 bits per heavy atom. The lowest BCUT2D eigenvalue weighted by Crippen LogP contribution is -2.41. The summed E-state index contributed by atoms with van der Waals surface area (Å²) in [6, 6.07) is 8.49. The van der Waals surface area contributed by atoms with Crippen LogP contribution >= 0.6 is 0 Å². The van der Waals surface area contributed by atoms with E-state index in [-0.39, 0.29) is 5.92 Å². The van der Waals surface area contributed by atoms with Crippen LogP contribution in [0.2, 0.25) is 0 Å². The molecule has 118 valence electrons. The van der Waals surface area contributed by atoms with Crippen molar-refractivity contribution in [3.63, 3.8) is 0 Å². The van der Waals surface area contributed by atoms with Crippen molar-refractivity contribution in [3.8, 4) is 5.75 Å². The predicted octanol–water partition coefficient (Wildman–Crippen LogP) is 3.59. The van der Waals surface area contributed by atoms with E-state index >= 15 is 0 Å².